The topological polar surface area (TPSA) is 30.5 Å². The van der Waals surface area contributed by atoms with E-state index in [9.17, 15) is 0 Å². The molecule has 3 nitrogen and oxygen atoms in total. The van der Waals surface area contributed by atoms with Gasteiger partial charge in [-0.3, -0.25) is 0 Å². The zero-order valence-electron chi connectivity index (χ0n) is 17.7. The molecule has 3 rings (SSSR count). The monoisotopic (exact) mass is 389 g/mol. The molecular formula is C26H31NO2. The molecule has 0 fully saturated rings. The molecule has 1 unspecified atom stereocenters. The van der Waals surface area contributed by atoms with E-state index in [0.29, 0.717) is 12.6 Å². The van der Waals surface area contributed by atoms with E-state index in [2.05, 4.69) is 67.7 Å². The highest BCUT2D eigenvalue weighted by Crippen LogP contribution is 2.32. The Morgan fingerprint density at radius 2 is 1.59 bits per heavy atom. The van der Waals surface area contributed by atoms with Gasteiger partial charge in [-0.05, 0) is 49.4 Å². The van der Waals surface area contributed by atoms with Crippen molar-refractivity contribution in [3.8, 4) is 11.5 Å². The zero-order chi connectivity index (χ0) is 20.5. The molecule has 0 saturated carbocycles. The highest BCUT2D eigenvalue weighted by Gasteiger charge is 2.12. The number of nitrogens with one attached hydrogen (secondary N) is 1. The molecule has 0 spiro atoms. The van der Waals surface area contributed by atoms with Gasteiger partial charge in [0.1, 0.15) is 6.61 Å². The van der Waals surface area contributed by atoms with Crippen LogP contribution in [0.2, 0.25) is 0 Å². The van der Waals surface area contributed by atoms with Crippen molar-refractivity contribution in [3.05, 3.63) is 95.1 Å². The minimum Gasteiger partial charge on any atom is -0.493 e. The van der Waals surface area contributed by atoms with Gasteiger partial charge >= 0.3 is 0 Å². The van der Waals surface area contributed by atoms with E-state index in [1.165, 1.54) is 16.7 Å². The molecule has 29 heavy (non-hydrogen) atoms. The Bertz CT molecular complexity index is 892. The van der Waals surface area contributed by atoms with Crippen molar-refractivity contribution in [2.75, 3.05) is 7.11 Å². The summed E-state index contributed by atoms with van der Waals surface area (Å²) in [5.41, 5.74) is 4.92. The van der Waals surface area contributed by atoms with Crippen LogP contribution >= 0.6 is 0 Å². The minimum absolute atomic E-state index is 0.408. The Morgan fingerprint density at radius 1 is 0.862 bits per heavy atom. The third-order valence-electron chi connectivity index (χ3n) is 5.26. The van der Waals surface area contributed by atoms with Crippen LogP contribution in [0, 0.1) is 6.92 Å². The average Bonchev–Trinajstić information content (AvgIpc) is 2.76. The molecule has 0 amide bonds. The third kappa shape index (κ3) is 6.10. The first-order chi connectivity index (χ1) is 14.2. The maximum atomic E-state index is 6.22. The third-order valence-corrected chi connectivity index (χ3v) is 5.26. The van der Waals surface area contributed by atoms with Crippen LogP contribution in [-0.2, 0) is 19.6 Å². The first kappa shape index (κ1) is 20.9. The predicted octanol–water partition coefficient (Wildman–Crippen LogP) is 5.69. The summed E-state index contributed by atoms with van der Waals surface area (Å²) >= 11 is 0. The van der Waals surface area contributed by atoms with E-state index in [4.69, 9.17) is 9.47 Å². The molecule has 152 valence electrons. The van der Waals surface area contributed by atoms with E-state index < -0.39 is 0 Å². The van der Waals surface area contributed by atoms with Crippen molar-refractivity contribution < 1.29 is 9.47 Å². The number of methoxy groups -OCH3 is 1. The standard InChI is InChI=1S/C26H31NO2/c1-20-10-7-8-13-24(20)19-29-26-23(14-9-15-25(26)28-3)18-27-21(2)16-17-22-11-5-4-6-12-22/h4-15,21,27H,16-19H2,1-3H3. The summed E-state index contributed by atoms with van der Waals surface area (Å²) in [5.74, 6) is 1.59. The van der Waals surface area contributed by atoms with Crippen molar-refractivity contribution in [3.63, 3.8) is 0 Å². The van der Waals surface area contributed by atoms with Gasteiger partial charge in [0.2, 0.25) is 0 Å². The number of rotatable bonds is 10. The van der Waals surface area contributed by atoms with Gasteiger partial charge in [0.15, 0.2) is 11.5 Å². The summed E-state index contributed by atoms with van der Waals surface area (Å²) in [4.78, 5) is 0. The molecule has 0 aromatic heterocycles. The highest BCUT2D eigenvalue weighted by atomic mass is 16.5. The van der Waals surface area contributed by atoms with Gasteiger partial charge in [-0.2, -0.15) is 0 Å². The number of ether oxygens (including phenoxy) is 2. The molecular weight excluding hydrogens is 358 g/mol. The van der Waals surface area contributed by atoms with Gasteiger partial charge in [-0.1, -0.05) is 66.7 Å². The van der Waals surface area contributed by atoms with Crippen LogP contribution in [0.5, 0.6) is 11.5 Å². The normalized spacial score (nSPS) is 11.8. The Kier molecular flexibility index (Phi) is 7.71. The van der Waals surface area contributed by atoms with E-state index in [1.807, 2.05) is 24.3 Å². The van der Waals surface area contributed by atoms with Crippen LogP contribution in [0.4, 0.5) is 0 Å². The number of benzene rings is 3. The molecule has 0 aliphatic rings. The molecule has 0 bridgehead atoms. The Morgan fingerprint density at radius 3 is 2.34 bits per heavy atom. The largest absolute Gasteiger partial charge is 0.493 e. The lowest BCUT2D eigenvalue weighted by Crippen LogP contribution is -2.26. The Labute approximate surface area is 174 Å². The molecule has 3 aromatic rings. The second kappa shape index (κ2) is 10.7. The summed E-state index contributed by atoms with van der Waals surface area (Å²) in [6.07, 6.45) is 2.16. The number of hydrogen-bond acceptors (Lipinski definition) is 3. The van der Waals surface area contributed by atoms with Crippen LogP contribution in [0.3, 0.4) is 0 Å². The van der Waals surface area contributed by atoms with Crippen molar-refractivity contribution in [1.82, 2.24) is 5.32 Å². The zero-order valence-corrected chi connectivity index (χ0v) is 17.7. The van der Waals surface area contributed by atoms with Gasteiger partial charge in [0, 0.05) is 18.2 Å². The lowest BCUT2D eigenvalue weighted by molar-refractivity contribution is 0.279. The predicted molar refractivity (Wildman–Crippen MR) is 120 cm³/mol. The fourth-order valence-corrected chi connectivity index (χ4v) is 3.36. The second-order valence-electron chi connectivity index (χ2n) is 7.47. The number of hydrogen-bond donors (Lipinski definition) is 1. The summed E-state index contributed by atoms with van der Waals surface area (Å²) < 4.78 is 11.8. The van der Waals surface area contributed by atoms with Crippen molar-refractivity contribution >= 4 is 0 Å². The van der Waals surface area contributed by atoms with E-state index in [-0.39, 0.29) is 0 Å². The van der Waals surface area contributed by atoms with Crippen LogP contribution < -0.4 is 14.8 Å². The molecule has 3 aromatic carbocycles. The van der Waals surface area contributed by atoms with Crippen molar-refractivity contribution in [2.45, 2.75) is 45.9 Å². The fourth-order valence-electron chi connectivity index (χ4n) is 3.36. The smallest absolute Gasteiger partial charge is 0.166 e. The van der Waals surface area contributed by atoms with Crippen molar-refractivity contribution in [1.29, 1.82) is 0 Å². The van der Waals surface area contributed by atoms with Crippen molar-refractivity contribution in [2.24, 2.45) is 0 Å². The van der Waals surface area contributed by atoms with E-state index in [1.54, 1.807) is 7.11 Å². The summed E-state index contributed by atoms with van der Waals surface area (Å²) in [6, 6.07) is 25.4. The van der Waals surface area contributed by atoms with Gasteiger partial charge < -0.3 is 14.8 Å². The summed E-state index contributed by atoms with van der Waals surface area (Å²) in [7, 11) is 1.69. The van der Waals surface area contributed by atoms with Gasteiger partial charge in [-0.25, -0.2) is 0 Å². The first-order valence-electron chi connectivity index (χ1n) is 10.3. The van der Waals surface area contributed by atoms with E-state index in [0.717, 1.165) is 36.4 Å². The first-order valence-corrected chi connectivity index (χ1v) is 10.3. The summed E-state index contributed by atoms with van der Waals surface area (Å²) in [6.45, 7) is 5.62. The maximum absolute atomic E-state index is 6.22. The Balaban J connectivity index is 1.61. The molecule has 1 atom stereocenters. The Hall–Kier alpha value is -2.78. The molecule has 0 heterocycles. The molecule has 3 heteroatoms. The molecule has 0 aliphatic heterocycles. The molecule has 0 saturated heterocycles. The quantitative estimate of drug-likeness (QED) is 0.483. The van der Waals surface area contributed by atoms with Gasteiger partial charge in [0.25, 0.3) is 0 Å². The molecule has 1 N–H and O–H groups in total. The van der Waals surface area contributed by atoms with E-state index >= 15 is 0 Å². The van der Waals surface area contributed by atoms with Crippen LogP contribution in [0.1, 0.15) is 35.6 Å². The van der Waals surface area contributed by atoms with Gasteiger partial charge in [0.05, 0.1) is 7.11 Å². The maximum Gasteiger partial charge on any atom is 0.166 e. The van der Waals surface area contributed by atoms with Crippen LogP contribution in [0.15, 0.2) is 72.8 Å². The lowest BCUT2D eigenvalue weighted by Gasteiger charge is -2.18. The minimum atomic E-state index is 0.408. The van der Waals surface area contributed by atoms with Gasteiger partial charge in [-0.15, -0.1) is 0 Å². The average molecular weight is 390 g/mol. The number of para-hydroxylation sites is 1. The van der Waals surface area contributed by atoms with Crippen LogP contribution in [-0.4, -0.2) is 13.2 Å². The highest BCUT2D eigenvalue weighted by molar-refractivity contribution is 5.47. The molecule has 0 aliphatic carbocycles. The SMILES string of the molecule is COc1cccc(CNC(C)CCc2ccccc2)c1OCc1ccccc1C. The fraction of sp³-hybridized carbons (Fsp3) is 0.308. The van der Waals surface area contributed by atoms with Crippen LogP contribution in [0.25, 0.3) is 0 Å². The summed E-state index contributed by atoms with van der Waals surface area (Å²) in [5, 5.41) is 3.63. The molecule has 0 radical (unpaired) electrons. The second-order valence-corrected chi connectivity index (χ2v) is 7.47. The number of aryl methyl sites for hydroxylation is 2. The lowest BCUT2D eigenvalue weighted by atomic mass is 10.1.